The summed E-state index contributed by atoms with van der Waals surface area (Å²) in [5, 5.41) is 0. The summed E-state index contributed by atoms with van der Waals surface area (Å²) in [6.07, 6.45) is 3.01. The second-order valence-electron chi connectivity index (χ2n) is 5.35. The highest BCUT2D eigenvalue weighted by atomic mass is 16.5. The Morgan fingerprint density at radius 1 is 0.875 bits per heavy atom. The van der Waals surface area contributed by atoms with Crippen LogP contribution in [-0.2, 0) is 6.42 Å². The number of carbonyl (C=O) groups is 1. The van der Waals surface area contributed by atoms with Crippen LogP contribution in [0.5, 0.6) is 17.2 Å². The zero-order valence-corrected chi connectivity index (χ0v) is 14.3. The fourth-order valence-electron chi connectivity index (χ4n) is 2.34. The van der Waals surface area contributed by atoms with E-state index in [-0.39, 0.29) is 0 Å². The largest absolute Gasteiger partial charge is 0.490 e. The summed E-state index contributed by atoms with van der Waals surface area (Å²) >= 11 is 0. The van der Waals surface area contributed by atoms with Crippen LogP contribution in [0.3, 0.4) is 0 Å². The van der Waals surface area contributed by atoms with E-state index in [1.54, 1.807) is 18.2 Å². The number of benzene rings is 2. The van der Waals surface area contributed by atoms with Crippen molar-refractivity contribution >= 4 is 6.29 Å². The predicted octanol–water partition coefficient (Wildman–Crippen LogP) is 4.31. The fraction of sp³-hybridized carbons (Fsp3) is 0.350. The summed E-state index contributed by atoms with van der Waals surface area (Å²) in [4.78, 5) is 10.8. The number of rotatable bonds is 10. The summed E-state index contributed by atoms with van der Waals surface area (Å²) < 4.78 is 16.9. The van der Waals surface area contributed by atoms with Crippen LogP contribution >= 0.6 is 0 Å². The number of aryl methyl sites for hydroxylation is 1. The number of ether oxygens (including phenoxy) is 3. The third-order valence-electron chi connectivity index (χ3n) is 3.48. The number of hydrogen-bond donors (Lipinski definition) is 0. The predicted molar refractivity (Wildman–Crippen MR) is 94.4 cm³/mol. The van der Waals surface area contributed by atoms with Gasteiger partial charge in [-0.2, -0.15) is 0 Å². The zero-order valence-electron chi connectivity index (χ0n) is 14.3. The molecule has 0 aliphatic rings. The molecule has 0 heterocycles. The van der Waals surface area contributed by atoms with Crippen molar-refractivity contribution in [1.82, 2.24) is 0 Å². The van der Waals surface area contributed by atoms with Crippen LogP contribution in [0.2, 0.25) is 0 Å². The minimum Gasteiger partial charge on any atom is -0.490 e. The molecule has 2 aromatic carbocycles. The normalized spacial score (nSPS) is 10.2. The number of carbonyl (C=O) groups excluding carboxylic acids is 1. The Morgan fingerprint density at radius 3 is 2.29 bits per heavy atom. The molecule has 2 rings (SSSR count). The highest BCUT2D eigenvalue weighted by Gasteiger charge is 2.06. The highest BCUT2D eigenvalue weighted by molar-refractivity contribution is 5.76. The summed E-state index contributed by atoms with van der Waals surface area (Å²) in [6.45, 7) is 5.41. The van der Waals surface area contributed by atoms with Crippen molar-refractivity contribution in [2.45, 2.75) is 26.7 Å². The van der Waals surface area contributed by atoms with Crippen molar-refractivity contribution in [2.75, 3.05) is 19.8 Å². The van der Waals surface area contributed by atoms with Gasteiger partial charge in [-0.05, 0) is 49.2 Å². The Balaban J connectivity index is 1.84. The molecule has 0 bridgehead atoms. The molecule has 24 heavy (non-hydrogen) atoms. The minimum absolute atomic E-state index is 0.400. The Kier molecular flexibility index (Phi) is 7.15. The molecule has 4 nitrogen and oxygen atoms in total. The summed E-state index contributed by atoms with van der Waals surface area (Å²) in [5.74, 6) is 2.02. The average Bonchev–Trinajstić information content (AvgIpc) is 2.61. The minimum atomic E-state index is 0.400. The Bertz CT molecular complexity index is 635. The second-order valence-corrected chi connectivity index (χ2v) is 5.35. The first-order valence-corrected chi connectivity index (χ1v) is 8.33. The molecule has 0 saturated carbocycles. The first kappa shape index (κ1) is 17.9. The molecule has 0 N–H and O–H groups in total. The lowest BCUT2D eigenvalue weighted by molar-refractivity contribution is 0.112. The Labute approximate surface area is 143 Å². The highest BCUT2D eigenvalue weighted by Crippen LogP contribution is 2.28. The molecular weight excluding hydrogens is 304 g/mol. The van der Waals surface area contributed by atoms with Gasteiger partial charge in [0.25, 0.3) is 0 Å². The van der Waals surface area contributed by atoms with Crippen LogP contribution in [0.1, 0.15) is 36.2 Å². The van der Waals surface area contributed by atoms with E-state index in [9.17, 15) is 4.79 Å². The van der Waals surface area contributed by atoms with Crippen LogP contribution in [0.15, 0.2) is 42.5 Å². The van der Waals surface area contributed by atoms with Crippen molar-refractivity contribution in [3.63, 3.8) is 0 Å². The lowest BCUT2D eigenvalue weighted by Gasteiger charge is -2.13. The van der Waals surface area contributed by atoms with Crippen molar-refractivity contribution in [3.05, 3.63) is 53.6 Å². The van der Waals surface area contributed by atoms with Gasteiger partial charge in [-0.25, -0.2) is 0 Å². The third kappa shape index (κ3) is 5.30. The van der Waals surface area contributed by atoms with E-state index in [1.807, 2.05) is 19.1 Å². The molecule has 2 aromatic rings. The van der Waals surface area contributed by atoms with Gasteiger partial charge in [0.15, 0.2) is 11.5 Å². The van der Waals surface area contributed by atoms with Crippen LogP contribution < -0.4 is 14.2 Å². The van der Waals surface area contributed by atoms with Crippen LogP contribution in [0.4, 0.5) is 0 Å². The molecule has 0 atom stereocenters. The zero-order chi connectivity index (χ0) is 17.2. The maximum absolute atomic E-state index is 10.8. The molecule has 0 aromatic heterocycles. The molecule has 0 aliphatic heterocycles. The van der Waals surface area contributed by atoms with E-state index >= 15 is 0 Å². The number of aldehydes is 1. The first-order chi connectivity index (χ1) is 11.8. The summed E-state index contributed by atoms with van der Waals surface area (Å²) in [5.41, 5.74) is 1.88. The van der Waals surface area contributed by atoms with Crippen LogP contribution in [-0.4, -0.2) is 26.1 Å². The van der Waals surface area contributed by atoms with Crippen molar-refractivity contribution < 1.29 is 19.0 Å². The first-order valence-electron chi connectivity index (χ1n) is 8.33. The van der Waals surface area contributed by atoms with E-state index in [4.69, 9.17) is 14.2 Å². The monoisotopic (exact) mass is 328 g/mol. The van der Waals surface area contributed by atoms with Gasteiger partial charge in [-0.3, -0.25) is 4.79 Å². The van der Waals surface area contributed by atoms with E-state index in [2.05, 4.69) is 19.1 Å². The number of hydrogen-bond acceptors (Lipinski definition) is 4. The quantitative estimate of drug-likeness (QED) is 0.481. The second kappa shape index (κ2) is 9.60. The molecule has 0 radical (unpaired) electrons. The van der Waals surface area contributed by atoms with Crippen molar-refractivity contribution in [3.8, 4) is 17.2 Å². The van der Waals surface area contributed by atoms with Crippen LogP contribution in [0, 0.1) is 0 Å². The van der Waals surface area contributed by atoms with E-state index in [0.29, 0.717) is 36.9 Å². The van der Waals surface area contributed by atoms with Crippen LogP contribution in [0.25, 0.3) is 0 Å². The smallest absolute Gasteiger partial charge is 0.161 e. The molecule has 0 amide bonds. The molecule has 4 heteroatoms. The summed E-state index contributed by atoms with van der Waals surface area (Å²) in [6, 6.07) is 13.3. The van der Waals surface area contributed by atoms with Gasteiger partial charge in [-0.1, -0.05) is 25.5 Å². The van der Waals surface area contributed by atoms with Gasteiger partial charge >= 0.3 is 0 Å². The van der Waals surface area contributed by atoms with E-state index in [1.165, 1.54) is 5.56 Å². The van der Waals surface area contributed by atoms with Gasteiger partial charge < -0.3 is 14.2 Å². The van der Waals surface area contributed by atoms with E-state index < -0.39 is 0 Å². The third-order valence-corrected chi connectivity index (χ3v) is 3.48. The fourth-order valence-corrected chi connectivity index (χ4v) is 2.34. The molecule has 0 aliphatic carbocycles. The standard InChI is InChI=1S/C20H24O4/c1-3-5-16-6-9-18(10-7-16)23-12-13-24-19-11-8-17(15-21)14-20(19)22-4-2/h6-11,14-15H,3-5,12-13H2,1-2H3. The molecular formula is C20H24O4. The maximum atomic E-state index is 10.8. The molecule has 0 unspecified atom stereocenters. The Hall–Kier alpha value is -2.49. The topological polar surface area (TPSA) is 44.8 Å². The molecule has 0 fully saturated rings. The van der Waals surface area contributed by atoms with Crippen molar-refractivity contribution in [2.24, 2.45) is 0 Å². The van der Waals surface area contributed by atoms with Gasteiger partial charge in [0.05, 0.1) is 6.61 Å². The van der Waals surface area contributed by atoms with Gasteiger partial charge in [0.2, 0.25) is 0 Å². The SMILES string of the molecule is CCCc1ccc(OCCOc2ccc(C=O)cc2OCC)cc1. The summed E-state index contributed by atoms with van der Waals surface area (Å²) in [7, 11) is 0. The lowest BCUT2D eigenvalue weighted by Crippen LogP contribution is -2.10. The average molecular weight is 328 g/mol. The van der Waals surface area contributed by atoms with E-state index in [0.717, 1.165) is 24.9 Å². The maximum Gasteiger partial charge on any atom is 0.161 e. The van der Waals surface area contributed by atoms with Gasteiger partial charge in [0, 0.05) is 5.56 Å². The lowest BCUT2D eigenvalue weighted by atomic mass is 10.1. The van der Waals surface area contributed by atoms with Gasteiger partial charge in [0.1, 0.15) is 25.2 Å². The Morgan fingerprint density at radius 2 is 1.62 bits per heavy atom. The molecule has 0 saturated heterocycles. The van der Waals surface area contributed by atoms with Gasteiger partial charge in [-0.15, -0.1) is 0 Å². The van der Waals surface area contributed by atoms with Crippen molar-refractivity contribution in [1.29, 1.82) is 0 Å². The molecule has 128 valence electrons. The molecule has 0 spiro atoms.